The van der Waals surface area contributed by atoms with Crippen LogP contribution in [-0.4, -0.2) is 46.8 Å². The van der Waals surface area contributed by atoms with Gasteiger partial charge in [-0.25, -0.2) is 4.90 Å². The van der Waals surface area contributed by atoms with Crippen LogP contribution in [0.2, 0.25) is 0 Å². The highest BCUT2D eigenvalue weighted by Gasteiger charge is 2.83. The number of anilines is 1. The van der Waals surface area contributed by atoms with Crippen LogP contribution >= 0.6 is 0 Å². The van der Waals surface area contributed by atoms with Crippen molar-refractivity contribution in [2.24, 2.45) is 5.92 Å². The van der Waals surface area contributed by atoms with E-state index in [1.807, 2.05) is 0 Å². The van der Waals surface area contributed by atoms with Crippen molar-refractivity contribution in [3.63, 3.8) is 0 Å². The number of likely N-dealkylation sites (N-methyl/N-ethyl adjacent to an activating group) is 1. The lowest BCUT2D eigenvalue weighted by atomic mass is 9.62. The van der Waals surface area contributed by atoms with Crippen LogP contribution in [0.25, 0.3) is 0 Å². The number of imide groups is 1. The Labute approximate surface area is 164 Å². The van der Waals surface area contributed by atoms with Gasteiger partial charge in [-0.05, 0) is 39.1 Å². The van der Waals surface area contributed by atoms with Crippen molar-refractivity contribution >= 4 is 17.5 Å². The van der Waals surface area contributed by atoms with Gasteiger partial charge in [0.25, 0.3) is 5.91 Å². The first kappa shape index (κ1) is 19.8. The fourth-order valence-corrected chi connectivity index (χ4v) is 5.37. The van der Waals surface area contributed by atoms with Gasteiger partial charge in [0.15, 0.2) is 0 Å². The molecule has 1 aromatic rings. The van der Waals surface area contributed by atoms with Gasteiger partial charge in [0.05, 0.1) is 40.5 Å². The maximum absolute atomic E-state index is 13.5. The first-order valence-corrected chi connectivity index (χ1v) is 8.94. The molecule has 3 aliphatic heterocycles. The molecule has 3 saturated heterocycles. The number of hydrogen-bond donors (Lipinski definition) is 2. The lowest BCUT2D eigenvalue weighted by Crippen LogP contribution is -2.70. The normalized spacial score (nSPS) is 38.5. The zero-order chi connectivity index (χ0) is 21.6. The molecule has 3 aliphatic rings. The van der Waals surface area contributed by atoms with Gasteiger partial charge in [0, 0.05) is 6.42 Å². The van der Waals surface area contributed by atoms with Gasteiger partial charge in [-0.15, -0.1) is 0 Å². The van der Waals surface area contributed by atoms with Crippen LogP contribution in [0.3, 0.4) is 0 Å². The molecule has 2 N–H and O–H groups in total. The van der Waals surface area contributed by atoms with Crippen molar-refractivity contribution < 1.29 is 32.6 Å². The second kappa shape index (κ2) is 5.56. The number of nitrogens with one attached hydrogen (secondary N) is 1. The number of ether oxygens (including phenoxy) is 1. The van der Waals surface area contributed by atoms with Crippen molar-refractivity contribution in [3.05, 3.63) is 29.3 Å². The number of aliphatic hydroxyl groups excluding tert-OH is 1. The molecule has 0 aromatic heterocycles. The summed E-state index contributed by atoms with van der Waals surface area (Å²) in [5.41, 5.74) is -6.33. The van der Waals surface area contributed by atoms with E-state index >= 15 is 0 Å². The van der Waals surface area contributed by atoms with Gasteiger partial charge in [-0.1, -0.05) is 0 Å². The Morgan fingerprint density at radius 1 is 1.34 bits per heavy atom. The van der Waals surface area contributed by atoms with Crippen molar-refractivity contribution in [1.29, 1.82) is 5.26 Å². The average molecular weight is 409 g/mol. The number of alkyl halides is 3. The first-order valence-electron chi connectivity index (χ1n) is 8.94. The van der Waals surface area contributed by atoms with E-state index in [9.17, 15) is 27.9 Å². The Kier molecular flexibility index (Phi) is 3.80. The SMILES string of the molecule is CN[C@@]12C(=O)N(c3ccc(C#N)c(C(F)(F)F)c3)C(=O)C1C1(C)C[C@@H](O)C2(C)O1. The fourth-order valence-electron chi connectivity index (χ4n) is 5.37. The number of carbonyl (C=O) groups excluding carboxylic acids is 2. The summed E-state index contributed by atoms with van der Waals surface area (Å²) in [5.74, 6) is -2.52. The summed E-state index contributed by atoms with van der Waals surface area (Å²) in [7, 11) is 1.45. The summed E-state index contributed by atoms with van der Waals surface area (Å²) >= 11 is 0. The van der Waals surface area contributed by atoms with Crippen LogP contribution in [0.15, 0.2) is 18.2 Å². The van der Waals surface area contributed by atoms with Gasteiger partial charge in [-0.3, -0.25) is 9.59 Å². The minimum absolute atomic E-state index is 0.117. The summed E-state index contributed by atoms with van der Waals surface area (Å²) in [5, 5.41) is 22.4. The van der Waals surface area contributed by atoms with E-state index in [0.29, 0.717) is 11.0 Å². The number of fused-ring (bicyclic) bond motifs is 5. The number of nitrogens with zero attached hydrogens (tertiary/aromatic N) is 2. The number of carbonyl (C=O) groups is 2. The molecular formula is C19H18F3N3O4. The summed E-state index contributed by atoms with van der Waals surface area (Å²) in [6.07, 6.45) is -5.76. The Balaban J connectivity index is 1.89. The predicted molar refractivity (Wildman–Crippen MR) is 92.5 cm³/mol. The molecule has 5 atom stereocenters. The van der Waals surface area contributed by atoms with E-state index in [-0.39, 0.29) is 12.1 Å². The van der Waals surface area contributed by atoms with E-state index in [1.54, 1.807) is 6.92 Å². The summed E-state index contributed by atoms with van der Waals surface area (Å²) in [6.45, 7) is 3.13. The number of benzene rings is 1. The standard InChI is InChI=1S/C19H18F3N3O4/c1-16-7-12(26)17(2,29-16)18(24-3)13(16)14(27)25(15(18)28)10-5-4-9(8-23)11(6-10)19(20,21)22/h4-6,12-13,24,26H,7H2,1-3H3/t12-,13?,16?,17?,18-/m1/s1. The third kappa shape index (κ3) is 2.12. The largest absolute Gasteiger partial charge is 0.417 e. The molecule has 7 nitrogen and oxygen atoms in total. The number of amides is 2. The van der Waals surface area contributed by atoms with Gasteiger partial charge >= 0.3 is 6.18 Å². The average Bonchev–Trinajstić information content (AvgIpc) is 3.11. The predicted octanol–water partition coefficient (Wildman–Crippen LogP) is 1.34. The first-order chi connectivity index (χ1) is 13.4. The molecule has 29 heavy (non-hydrogen) atoms. The molecule has 3 heterocycles. The molecule has 2 amide bonds. The van der Waals surface area contributed by atoms with E-state index in [4.69, 9.17) is 10.00 Å². The molecule has 0 saturated carbocycles. The molecule has 3 unspecified atom stereocenters. The second-order valence-corrected chi connectivity index (χ2v) is 8.05. The molecule has 154 valence electrons. The lowest BCUT2D eigenvalue weighted by Gasteiger charge is -2.43. The van der Waals surface area contributed by atoms with E-state index < -0.39 is 57.9 Å². The molecule has 4 rings (SSSR count). The number of nitriles is 1. The Hall–Kier alpha value is -2.48. The molecule has 10 heteroatoms. The molecule has 2 bridgehead atoms. The van der Waals surface area contributed by atoms with Gasteiger partial charge in [0.1, 0.15) is 11.1 Å². The van der Waals surface area contributed by atoms with Crippen LogP contribution in [0.5, 0.6) is 0 Å². The molecule has 1 aromatic carbocycles. The van der Waals surface area contributed by atoms with E-state index in [2.05, 4.69) is 5.32 Å². The molecule has 0 radical (unpaired) electrons. The summed E-state index contributed by atoms with van der Waals surface area (Å²) < 4.78 is 46.1. The molecule has 3 fully saturated rings. The van der Waals surface area contributed by atoms with Crippen molar-refractivity contribution in [2.45, 2.75) is 49.3 Å². The number of rotatable bonds is 2. The second-order valence-electron chi connectivity index (χ2n) is 8.05. The summed E-state index contributed by atoms with van der Waals surface area (Å²) in [4.78, 5) is 27.4. The summed E-state index contributed by atoms with van der Waals surface area (Å²) in [6, 6.07) is 4.17. The number of hydrogen-bond acceptors (Lipinski definition) is 6. The quantitative estimate of drug-likeness (QED) is 0.715. The van der Waals surface area contributed by atoms with Crippen LogP contribution in [-0.2, 0) is 20.5 Å². The zero-order valence-electron chi connectivity index (χ0n) is 15.8. The third-order valence-electron chi connectivity index (χ3n) is 6.60. The Bertz CT molecular complexity index is 990. The van der Waals surface area contributed by atoms with Crippen LogP contribution < -0.4 is 10.2 Å². The topological polar surface area (TPSA) is 103 Å². The van der Waals surface area contributed by atoms with Gasteiger partial charge < -0.3 is 15.2 Å². The van der Waals surface area contributed by atoms with E-state index in [1.165, 1.54) is 20.0 Å². The van der Waals surface area contributed by atoms with E-state index in [0.717, 1.165) is 12.1 Å². The molecule has 0 spiro atoms. The van der Waals surface area contributed by atoms with Crippen molar-refractivity contribution in [3.8, 4) is 6.07 Å². The highest BCUT2D eigenvalue weighted by molar-refractivity contribution is 6.27. The zero-order valence-corrected chi connectivity index (χ0v) is 15.8. The Morgan fingerprint density at radius 2 is 2.00 bits per heavy atom. The highest BCUT2D eigenvalue weighted by Crippen LogP contribution is 2.63. The maximum Gasteiger partial charge on any atom is 0.417 e. The number of aliphatic hydroxyl groups is 1. The third-order valence-corrected chi connectivity index (χ3v) is 6.60. The van der Waals surface area contributed by atoms with Crippen LogP contribution in [0.1, 0.15) is 31.4 Å². The fraction of sp³-hybridized carbons (Fsp3) is 0.526. The maximum atomic E-state index is 13.5. The smallest absolute Gasteiger partial charge is 0.390 e. The Morgan fingerprint density at radius 3 is 2.55 bits per heavy atom. The minimum atomic E-state index is -4.83. The highest BCUT2D eigenvalue weighted by atomic mass is 19.4. The lowest BCUT2D eigenvalue weighted by molar-refractivity contribution is -0.139. The van der Waals surface area contributed by atoms with Crippen molar-refractivity contribution in [1.82, 2.24) is 5.32 Å². The minimum Gasteiger partial charge on any atom is -0.390 e. The molecular weight excluding hydrogens is 391 g/mol. The van der Waals surface area contributed by atoms with Gasteiger partial charge in [-0.2, -0.15) is 18.4 Å². The van der Waals surface area contributed by atoms with Crippen molar-refractivity contribution in [2.75, 3.05) is 11.9 Å². The monoisotopic (exact) mass is 409 g/mol. The number of halogens is 3. The van der Waals surface area contributed by atoms with Crippen LogP contribution in [0.4, 0.5) is 18.9 Å². The van der Waals surface area contributed by atoms with Crippen LogP contribution in [0, 0.1) is 17.2 Å². The van der Waals surface area contributed by atoms with Gasteiger partial charge in [0.2, 0.25) is 5.91 Å². The molecule has 0 aliphatic carbocycles.